The maximum atomic E-state index is 12.9. The fourth-order valence-electron chi connectivity index (χ4n) is 4.47. The van der Waals surface area contributed by atoms with Gasteiger partial charge in [-0.05, 0) is 60.0 Å². The van der Waals surface area contributed by atoms with Crippen molar-refractivity contribution in [1.82, 2.24) is 14.5 Å². The zero-order valence-corrected chi connectivity index (χ0v) is 22.7. The molecule has 2 N–H and O–H groups in total. The van der Waals surface area contributed by atoms with E-state index in [0.717, 1.165) is 27.5 Å². The minimum Gasteiger partial charge on any atom is -0.307 e. The molecule has 0 saturated heterocycles. The molecule has 3 aromatic carbocycles. The van der Waals surface area contributed by atoms with Gasteiger partial charge in [-0.2, -0.15) is 10.2 Å². The van der Waals surface area contributed by atoms with E-state index in [1.54, 1.807) is 53.8 Å². The molecule has 0 spiro atoms. The minimum absolute atomic E-state index is 0.0328. The van der Waals surface area contributed by atoms with Crippen LogP contribution in [-0.4, -0.2) is 29.9 Å². The summed E-state index contributed by atoms with van der Waals surface area (Å²) in [6.45, 7) is 0. The number of carbonyl (C=O) groups excluding carboxylic acids is 1. The molecule has 1 aliphatic heterocycles. The van der Waals surface area contributed by atoms with Gasteiger partial charge in [0.1, 0.15) is 0 Å². The van der Waals surface area contributed by atoms with Crippen molar-refractivity contribution in [2.45, 2.75) is 17.4 Å². The van der Waals surface area contributed by atoms with Crippen molar-refractivity contribution >= 4 is 44.5 Å². The standard InChI is InChI=1S/C29H24N6O3S2/c36-29(31-22-8-3-1-4-9-22)33-40(37,38)25-15-13-24(14-16-25)35-27(18-26(32-35)28-12-7-17-39-28)21-19-30-34(20-21)23-10-5-2-6-11-23/h1-17,19-20,27H,18H2,(H2,31,33,36). The van der Waals surface area contributed by atoms with E-state index in [4.69, 9.17) is 5.10 Å². The first-order valence-corrected chi connectivity index (χ1v) is 14.8. The molecule has 11 heteroatoms. The summed E-state index contributed by atoms with van der Waals surface area (Å²) in [5.41, 5.74) is 4.09. The maximum absolute atomic E-state index is 12.9. The van der Waals surface area contributed by atoms with Gasteiger partial charge in [0.05, 0.1) is 39.1 Å². The molecular weight excluding hydrogens is 544 g/mol. The highest BCUT2D eigenvalue weighted by Crippen LogP contribution is 2.37. The number of aromatic nitrogens is 2. The molecule has 40 heavy (non-hydrogen) atoms. The Morgan fingerprint density at radius 2 is 1.60 bits per heavy atom. The van der Waals surface area contributed by atoms with E-state index in [1.807, 2.05) is 69.9 Å². The number of nitrogens with one attached hydrogen (secondary N) is 2. The first-order chi connectivity index (χ1) is 19.5. The largest absolute Gasteiger partial charge is 0.333 e. The maximum Gasteiger partial charge on any atom is 0.333 e. The zero-order chi connectivity index (χ0) is 27.5. The van der Waals surface area contributed by atoms with Crippen molar-refractivity contribution in [2.75, 3.05) is 10.3 Å². The molecule has 1 atom stereocenters. The summed E-state index contributed by atoms with van der Waals surface area (Å²) in [6, 6.07) is 27.9. The van der Waals surface area contributed by atoms with E-state index in [0.29, 0.717) is 12.1 Å². The molecule has 9 nitrogen and oxygen atoms in total. The lowest BCUT2D eigenvalue weighted by atomic mass is 10.0. The summed E-state index contributed by atoms with van der Waals surface area (Å²) < 4.78 is 29.6. The Bertz CT molecular complexity index is 1750. The topological polar surface area (TPSA) is 109 Å². The normalized spacial score (nSPS) is 15.1. The number of para-hydroxylation sites is 2. The third-order valence-electron chi connectivity index (χ3n) is 6.39. The van der Waals surface area contributed by atoms with Crippen molar-refractivity contribution in [3.05, 3.63) is 125 Å². The van der Waals surface area contributed by atoms with Crippen LogP contribution in [0.3, 0.4) is 0 Å². The number of anilines is 2. The predicted octanol–water partition coefficient (Wildman–Crippen LogP) is 5.80. The van der Waals surface area contributed by atoms with Crippen LogP contribution >= 0.6 is 11.3 Å². The van der Waals surface area contributed by atoms with Gasteiger partial charge >= 0.3 is 6.03 Å². The molecule has 3 heterocycles. The van der Waals surface area contributed by atoms with Crippen LogP contribution in [0.4, 0.5) is 16.2 Å². The first-order valence-electron chi connectivity index (χ1n) is 12.5. The van der Waals surface area contributed by atoms with Crippen LogP contribution in [-0.2, 0) is 10.0 Å². The van der Waals surface area contributed by atoms with Gasteiger partial charge in [0, 0.05) is 23.9 Å². The summed E-state index contributed by atoms with van der Waals surface area (Å²) in [5.74, 6) is 0. The number of benzene rings is 3. The Morgan fingerprint density at radius 3 is 2.30 bits per heavy atom. The molecule has 200 valence electrons. The van der Waals surface area contributed by atoms with Gasteiger partial charge in [-0.1, -0.05) is 42.5 Å². The first kappa shape index (κ1) is 25.5. The van der Waals surface area contributed by atoms with Gasteiger partial charge in [0.15, 0.2) is 0 Å². The number of thiophene rings is 1. The van der Waals surface area contributed by atoms with Crippen LogP contribution in [0.15, 0.2) is 125 Å². The van der Waals surface area contributed by atoms with Crippen LogP contribution in [0.5, 0.6) is 0 Å². The lowest BCUT2D eigenvalue weighted by Gasteiger charge is -2.23. The van der Waals surface area contributed by atoms with Gasteiger partial charge in [0.25, 0.3) is 10.0 Å². The SMILES string of the molecule is O=C(Nc1ccccc1)NS(=O)(=O)c1ccc(N2N=C(c3cccs3)CC2c2cnn(-c3ccccc3)c2)cc1. The molecule has 0 aliphatic carbocycles. The molecular formula is C29H24N6O3S2. The summed E-state index contributed by atoms with van der Waals surface area (Å²) in [7, 11) is -4.09. The van der Waals surface area contributed by atoms with Crippen LogP contribution in [0.2, 0.25) is 0 Å². The molecule has 1 unspecified atom stereocenters. The van der Waals surface area contributed by atoms with Crippen LogP contribution in [0.1, 0.15) is 22.9 Å². The van der Waals surface area contributed by atoms with E-state index in [9.17, 15) is 13.2 Å². The van der Waals surface area contributed by atoms with Crippen molar-refractivity contribution in [3.63, 3.8) is 0 Å². The van der Waals surface area contributed by atoms with E-state index >= 15 is 0 Å². The second-order valence-electron chi connectivity index (χ2n) is 9.06. The van der Waals surface area contributed by atoms with E-state index < -0.39 is 16.1 Å². The minimum atomic E-state index is -4.09. The molecule has 2 aromatic heterocycles. The van der Waals surface area contributed by atoms with Gasteiger partial charge in [-0.15, -0.1) is 11.3 Å². The Balaban J connectivity index is 1.25. The summed E-state index contributed by atoms with van der Waals surface area (Å²) in [6.07, 6.45) is 4.50. The second-order valence-corrected chi connectivity index (χ2v) is 11.7. The number of urea groups is 1. The number of rotatable bonds is 7. The highest BCUT2D eigenvalue weighted by atomic mass is 32.2. The molecule has 0 bridgehead atoms. The monoisotopic (exact) mass is 568 g/mol. The quantitative estimate of drug-likeness (QED) is 0.258. The number of hydrazone groups is 1. The second kappa shape index (κ2) is 10.8. The molecule has 2 amide bonds. The highest BCUT2D eigenvalue weighted by molar-refractivity contribution is 7.90. The van der Waals surface area contributed by atoms with E-state index in [1.165, 1.54) is 12.1 Å². The summed E-state index contributed by atoms with van der Waals surface area (Å²) in [4.78, 5) is 13.3. The Labute approximate surface area is 235 Å². The van der Waals surface area contributed by atoms with E-state index in [-0.39, 0.29) is 10.9 Å². The summed E-state index contributed by atoms with van der Waals surface area (Å²) >= 11 is 1.62. The number of nitrogens with zero attached hydrogens (tertiary/aromatic N) is 4. The van der Waals surface area contributed by atoms with Crippen molar-refractivity contribution in [2.24, 2.45) is 5.10 Å². The Morgan fingerprint density at radius 1 is 0.875 bits per heavy atom. The number of hydrogen-bond donors (Lipinski definition) is 2. The number of amides is 2. The van der Waals surface area contributed by atoms with Crippen molar-refractivity contribution < 1.29 is 13.2 Å². The number of sulfonamides is 1. The number of carbonyl (C=O) groups is 1. The lowest BCUT2D eigenvalue weighted by Crippen LogP contribution is -2.34. The van der Waals surface area contributed by atoms with Gasteiger partial charge < -0.3 is 5.32 Å². The van der Waals surface area contributed by atoms with Gasteiger partial charge in [-0.3, -0.25) is 5.01 Å². The fraction of sp³-hybridized carbons (Fsp3) is 0.0690. The number of hydrogen-bond acceptors (Lipinski definition) is 7. The third kappa shape index (κ3) is 5.37. The summed E-state index contributed by atoms with van der Waals surface area (Å²) in [5, 5.41) is 15.9. The predicted molar refractivity (Wildman–Crippen MR) is 156 cm³/mol. The molecule has 6 rings (SSSR count). The average Bonchev–Trinajstić information content (AvgIpc) is 3.75. The molecule has 5 aromatic rings. The fourth-order valence-corrected chi connectivity index (χ4v) is 6.10. The Kier molecular flexibility index (Phi) is 6.89. The molecule has 0 fully saturated rings. The van der Waals surface area contributed by atoms with Crippen molar-refractivity contribution in [1.29, 1.82) is 0 Å². The van der Waals surface area contributed by atoms with E-state index in [2.05, 4.69) is 15.1 Å². The molecule has 0 radical (unpaired) electrons. The smallest absolute Gasteiger partial charge is 0.307 e. The zero-order valence-electron chi connectivity index (χ0n) is 21.1. The van der Waals surface area contributed by atoms with Crippen LogP contribution in [0, 0.1) is 0 Å². The van der Waals surface area contributed by atoms with Gasteiger partial charge in [0.2, 0.25) is 0 Å². The van der Waals surface area contributed by atoms with Gasteiger partial charge in [-0.25, -0.2) is 22.6 Å². The highest BCUT2D eigenvalue weighted by Gasteiger charge is 2.32. The molecule has 0 saturated carbocycles. The van der Waals surface area contributed by atoms with Crippen molar-refractivity contribution in [3.8, 4) is 5.69 Å². The Hall–Kier alpha value is -4.74. The third-order valence-corrected chi connectivity index (χ3v) is 8.66. The molecule has 1 aliphatic rings. The lowest BCUT2D eigenvalue weighted by molar-refractivity contribution is 0.256. The average molecular weight is 569 g/mol. The van der Waals surface area contributed by atoms with Crippen LogP contribution in [0.25, 0.3) is 5.69 Å². The van der Waals surface area contributed by atoms with Crippen LogP contribution < -0.4 is 15.0 Å².